The standard InChI is InChI=1S/C29H32O13.C16H13ClN2O/c1-11-36-9-20-27(40-11)24(31)25(32)29(41-20)42-26-14-7-17-16(38-10-39-17)6-13(14)21(22-15(26)8-37-28(22)33)12-4-18(34-2)23(30)19(5-12)35-3;1-19-14-8-7-12(17)9-13(14)16(18-10-15(19)20)11-5-3-2-4-6-11/h4-7,11,15,20-22,24-27,29-32H,8-10H2,1-3H3;2-9H,10H2,1H3/t11-,15?,20-,21-,22+,24-,25-,26?,27-,29+;/m1./s1. The van der Waals surface area contributed by atoms with Crippen LogP contribution in [0.1, 0.15) is 46.8 Å². The minimum Gasteiger partial charge on any atom is -0.502 e. The smallest absolute Gasteiger partial charge is 0.310 e. The molecule has 0 bridgehead atoms. The number of aromatic hydroxyl groups is 1. The van der Waals surface area contributed by atoms with Gasteiger partial charge in [0.1, 0.15) is 31.0 Å². The molecule has 0 saturated carbocycles. The van der Waals surface area contributed by atoms with E-state index in [9.17, 15) is 24.9 Å². The van der Waals surface area contributed by atoms with Gasteiger partial charge in [0, 0.05) is 35.0 Å². The summed E-state index contributed by atoms with van der Waals surface area (Å²) >= 11 is 6.11. The van der Waals surface area contributed by atoms with E-state index >= 15 is 0 Å². The molecule has 17 heteroatoms. The second kappa shape index (κ2) is 17.0. The van der Waals surface area contributed by atoms with E-state index in [1.165, 1.54) is 14.2 Å². The number of carbonyl (C=O) groups is 2. The van der Waals surface area contributed by atoms with Crippen molar-refractivity contribution in [3.05, 3.63) is 106 Å². The number of benzodiazepines with no additional fused rings is 1. The molecule has 2 unspecified atom stereocenters. The third-order valence-electron chi connectivity index (χ3n) is 12.1. The number of likely N-dealkylation sites (N-methyl/N-ethyl adjacent to an activating group) is 1. The van der Waals surface area contributed by atoms with Crippen LogP contribution in [0.5, 0.6) is 28.7 Å². The molecule has 3 N–H and O–H groups in total. The zero-order valence-electron chi connectivity index (χ0n) is 34.1. The van der Waals surface area contributed by atoms with Crippen molar-refractivity contribution in [1.29, 1.82) is 0 Å². The molecule has 0 aromatic heterocycles. The van der Waals surface area contributed by atoms with Gasteiger partial charge in [-0.05, 0) is 66.1 Å². The number of aliphatic hydroxyl groups excluding tert-OH is 2. The Hall–Kier alpha value is -5.46. The summed E-state index contributed by atoms with van der Waals surface area (Å²) < 4.78 is 51.5. The van der Waals surface area contributed by atoms with Gasteiger partial charge in [0.15, 0.2) is 35.6 Å². The lowest BCUT2D eigenvalue weighted by Gasteiger charge is -2.47. The zero-order chi connectivity index (χ0) is 43.4. The van der Waals surface area contributed by atoms with Crippen LogP contribution in [0.15, 0.2) is 77.8 Å². The Bertz CT molecular complexity index is 2370. The summed E-state index contributed by atoms with van der Waals surface area (Å²) in [5, 5.41) is 33.1. The first kappa shape index (κ1) is 41.9. The van der Waals surface area contributed by atoms with Gasteiger partial charge in [-0.2, -0.15) is 0 Å². The highest BCUT2D eigenvalue weighted by Gasteiger charge is 2.56. The molecule has 4 aromatic rings. The minimum atomic E-state index is -1.44. The largest absolute Gasteiger partial charge is 0.502 e. The number of hydrogen-bond donors (Lipinski definition) is 3. The molecular formula is C45H45ClN2O14. The summed E-state index contributed by atoms with van der Waals surface area (Å²) in [7, 11) is 4.62. The third-order valence-corrected chi connectivity index (χ3v) is 12.3. The van der Waals surface area contributed by atoms with E-state index in [2.05, 4.69) is 4.99 Å². The number of hydrogen-bond acceptors (Lipinski definition) is 15. The van der Waals surface area contributed by atoms with Crippen LogP contribution < -0.4 is 23.8 Å². The van der Waals surface area contributed by atoms with E-state index in [1.54, 1.807) is 49.2 Å². The van der Waals surface area contributed by atoms with Crippen LogP contribution in [0.4, 0.5) is 5.69 Å². The van der Waals surface area contributed by atoms with Gasteiger partial charge in [0.25, 0.3) is 0 Å². The van der Waals surface area contributed by atoms with Crippen LogP contribution in [0.25, 0.3) is 0 Å². The average Bonchev–Trinajstić information content (AvgIpc) is 3.88. The van der Waals surface area contributed by atoms with Crippen LogP contribution in [-0.2, 0) is 33.3 Å². The zero-order valence-corrected chi connectivity index (χ0v) is 34.9. The van der Waals surface area contributed by atoms with Crippen molar-refractivity contribution < 1.29 is 67.5 Å². The molecule has 1 amide bonds. The number of ether oxygens (including phenoxy) is 9. The molecule has 5 heterocycles. The predicted molar refractivity (Wildman–Crippen MR) is 220 cm³/mol. The fraction of sp³-hybridized carbons (Fsp3) is 0.400. The number of halogens is 1. The second-order valence-electron chi connectivity index (χ2n) is 15.6. The normalized spacial score (nSPS) is 29.4. The van der Waals surface area contributed by atoms with Crippen molar-refractivity contribution in [2.75, 3.05) is 52.7 Å². The van der Waals surface area contributed by atoms with Crippen molar-refractivity contribution in [1.82, 2.24) is 0 Å². The number of amides is 1. The van der Waals surface area contributed by atoms with Crippen molar-refractivity contribution in [3.63, 3.8) is 0 Å². The molecule has 4 aromatic carbocycles. The summed E-state index contributed by atoms with van der Waals surface area (Å²) in [6.45, 7) is 2.07. The van der Waals surface area contributed by atoms with E-state index in [0.29, 0.717) is 33.2 Å². The Morgan fingerprint density at radius 1 is 0.855 bits per heavy atom. The highest BCUT2D eigenvalue weighted by atomic mass is 35.5. The number of cyclic esters (lactones) is 1. The van der Waals surface area contributed by atoms with Crippen molar-refractivity contribution in [2.24, 2.45) is 16.8 Å². The van der Waals surface area contributed by atoms with E-state index in [1.807, 2.05) is 42.5 Å². The van der Waals surface area contributed by atoms with Crippen LogP contribution in [0, 0.1) is 11.8 Å². The Balaban J connectivity index is 0.000000205. The number of aliphatic imine (C=N–C) groups is 1. The molecule has 10 rings (SSSR count). The molecule has 1 aliphatic carbocycles. The number of nitrogens with zero attached hydrogens (tertiary/aromatic N) is 2. The second-order valence-corrected chi connectivity index (χ2v) is 16.1. The average molecular weight is 873 g/mol. The van der Waals surface area contributed by atoms with Gasteiger partial charge in [0.05, 0.1) is 50.9 Å². The van der Waals surface area contributed by atoms with Gasteiger partial charge >= 0.3 is 5.97 Å². The molecule has 6 aliphatic rings. The molecule has 0 spiro atoms. The van der Waals surface area contributed by atoms with Gasteiger partial charge in [-0.25, -0.2) is 0 Å². The van der Waals surface area contributed by atoms with Crippen LogP contribution in [0.3, 0.4) is 0 Å². The first-order valence-electron chi connectivity index (χ1n) is 20.1. The molecule has 16 nitrogen and oxygen atoms in total. The number of benzene rings is 4. The molecule has 10 atom stereocenters. The number of methoxy groups -OCH3 is 2. The number of rotatable bonds is 6. The Kier molecular flexibility index (Phi) is 11.5. The number of phenolic OH excluding ortho intramolecular Hbond substituents is 1. The van der Waals surface area contributed by atoms with E-state index in [4.69, 9.17) is 54.2 Å². The summed E-state index contributed by atoms with van der Waals surface area (Å²) in [6.07, 6.45) is -6.80. The molecular weight excluding hydrogens is 828 g/mol. The molecule has 62 heavy (non-hydrogen) atoms. The SMILES string of the molecule is CN1C(=O)CN=C(c2ccccc2)c2cc(Cl)ccc21.COc1cc([C@@H]2c3cc4c(cc3C(O[C@@H]3O[C@@H]5CO[C@@H](C)O[C@H]5[C@H](O)[C@H]3O)C3COC(=O)[C@@H]32)OCO4)cc(OC)c1O. The number of anilines is 1. The molecule has 326 valence electrons. The fourth-order valence-corrected chi connectivity index (χ4v) is 9.21. The summed E-state index contributed by atoms with van der Waals surface area (Å²) in [4.78, 5) is 31.5. The monoisotopic (exact) mass is 872 g/mol. The Labute approximate surface area is 361 Å². The number of esters is 1. The molecule has 0 radical (unpaired) electrons. The molecule has 3 fully saturated rings. The first-order valence-corrected chi connectivity index (χ1v) is 20.5. The van der Waals surface area contributed by atoms with E-state index in [-0.39, 0.29) is 49.7 Å². The number of phenols is 1. The van der Waals surface area contributed by atoms with E-state index in [0.717, 1.165) is 22.5 Å². The van der Waals surface area contributed by atoms with E-state index < -0.39 is 66.8 Å². The van der Waals surface area contributed by atoms with Crippen molar-refractivity contribution in [2.45, 2.75) is 55.9 Å². The van der Waals surface area contributed by atoms with Gasteiger partial charge < -0.3 is 62.9 Å². The lowest BCUT2D eigenvalue weighted by atomic mass is 9.66. The third kappa shape index (κ3) is 7.48. The van der Waals surface area contributed by atoms with Gasteiger partial charge in [0.2, 0.25) is 18.4 Å². The number of aliphatic hydroxyl groups is 2. The maximum absolute atomic E-state index is 13.4. The van der Waals surface area contributed by atoms with Crippen molar-refractivity contribution in [3.8, 4) is 28.7 Å². The van der Waals surface area contributed by atoms with Crippen LogP contribution in [-0.4, -0.2) is 118 Å². The van der Waals surface area contributed by atoms with Crippen LogP contribution >= 0.6 is 11.6 Å². The predicted octanol–water partition coefficient (Wildman–Crippen LogP) is 4.49. The highest BCUT2D eigenvalue weighted by Crippen LogP contribution is 2.57. The number of carbonyl (C=O) groups excluding carboxylic acids is 2. The summed E-state index contributed by atoms with van der Waals surface area (Å²) in [5.41, 5.74) is 5.52. The first-order chi connectivity index (χ1) is 29.9. The minimum absolute atomic E-state index is 0.0282. The maximum Gasteiger partial charge on any atom is 0.310 e. The topological polar surface area (TPSA) is 193 Å². The number of fused-ring (bicyclic) bond motifs is 5. The van der Waals surface area contributed by atoms with Gasteiger partial charge in [-0.15, -0.1) is 0 Å². The lowest BCUT2D eigenvalue weighted by molar-refractivity contribution is -0.364. The quantitative estimate of drug-likeness (QED) is 0.230. The van der Waals surface area contributed by atoms with Crippen LogP contribution in [0.2, 0.25) is 5.02 Å². The Morgan fingerprint density at radius 2 is 1.56 bits per heavy atom. The van der Waals surface area contributed by atoms with Crippen molar-refractivity contribution >= 4 is 34.9 Å². The maximum atomic E-state index is 13.4. The summed E-state index contributed by atoms with van der Waals surface area (Å²) in [5.74, 6) is -1.05. The Morgan fingerprint density at radius 3 is 2.27 bits per heavy atom. The lowest BCUT2D eigenvalue weighted by Crippen LogP contribution is -2.63. The molecule has 5 aliphatic heterocycles. The van der Waals surface area contributed by atoms with Gasteiger partial charge in [-0.1, -0.05) is 41.9 Å². The fourth-order valence-electron chi connectivity index (χ4n) is 9.04. The van der Waals surface area contributed by atoms with Gasteiger partial charge in [-0.3, -0.25) is 14.6 Å². The molecule has 3 saturated heterocycles. The summed E-state index contributed by atoms with van der Waals surface area (Å²) in [6, 6.07) is 22.3. The highest BCUT2D eigenvalue weighted by molar-refractivity contribution is 6.32.